The predicted octanol–water partition coefficient (Wildman–Crippen LogP) is 27.8. The van der Waals surface area contributed by atoms with Crippen molar-refractivity contribution in [1.29, 1.82) is 0 Å². The Morgan fingerprint density at radius 1 is 0.378 bits per heavy atom. The average molecular weight is 1350 g/mol. The summed E-state index contributed by atoms with van der Waals surface area (Å²) >= 11 is 6.96. The second-order valence-electron chi connectivity index (χ2n) is 36.8. The van der Waals surface area contributed by atoms with Crippen LogP contribution in [0.3, 0.4) is 0 Å². The van der Waals surface area contributed by atoms with E-state index in [9.17, 15) is 0 Å². The van der Waals surface area contributed by atoms with Gasteiger partial charge in [-0.3, -0.25) is 0 Å². The molecule has 0 saturated heterocycles. The molecular formula is C94H117ClOSi2. The van der Waals surface area contributed by atoms with Crippen molar-refractivity contribution in [3.8, 4) is 50.3 Å². The Morgan fingerprint density at radius 2 is 0.765 bits per heavy atom. The molecule has 4 aliphatic carbocycles. The molecule has 1 nitrogen and oxygen atoms in total. The van der Waals surface area contributed by atoms with Gasteiger partial charge in [0.05, 0.1) is 15.2 Å². The molecule has 0 saturated carbocycles. The Balaban J connectivity index is 0.000000177. The molecule has 3 unspecified atom stereocenters. The Morgan fingerprint density at radius 3 is 1.21 bits per heavy atom. The van der Waals surface area contributed by atoms with Crippen molar-refractivity contribution in [2.75, 3.05) is 7.11 Å². The molecule has 4 heteroatoms. The Kier molecular flexibility index (Phi) is 20.1. The van der Waals surface area contributed by atoms with E-state index in [1.54, 1.807) is 0 Å². The largest absolute Gasteiger partial charge is 0.496 e. The third-order valence-electron chi connectivity index (χ3n) is 21.8. The van der Waals surface area contributed by atoms with E-state index in [0.717, 1.165) is 12.2 Å². The fourth-order valence-corrected chi connectivity index (χ4v) is 24.7. The minimum absolute atomic E-state index is 0.0421. The van der Waals surface area contributed by atoms with Crippen molar-refractivity contribution < 1.29 is 4.74 Å². The first kappa shape index (κ1) is 73.9. The summed E-state index contributed by atoms with van der Waals surface area (Å²) in [5, 5.41) is 0. The molecule has 0 bridgehead atoms. The SMILES string of the molecule is CC1=Cc2c(cc(C(C)(C)C)c(C)c2-c2ccccc2)C1[Si](C)(C)Cl.CC1=Cc2cc(C(C)(C)C)cc(-c3ccc(C(C)(C)C)cc3)c2C1.COc1c(C(C)(C)C)cc2c(c1-c1ccccc1)C=C(C)C2[Si](C)(C)C1C(C)=Cc2c(-c3ccc(C(C)(C)C)cc3)cc(C(C)(C)C)cc21. The van der Waals surface area contributed by atoms with Crippen molar-refractivity contribution in [3.63, 3.8) is 0 Å². The quantitative estimate of drug-likeness (QED) is 0.109. The molecule has 8 aromatic rings. The van der Waals surface area contributed by atoms with Gasteiger partial charge < -0.3 is 4.74 Å². The number of benzene rings is 8. The molecule has 0 fully saturated rings. The van der Waals surface area contributed by atoms with Gasteiger partial charge in [-0.1, -0.05) is 343 Å². The highest BCUT2D eigenvalue weighted by Crippen LogP contribution is 2.58. The average Bonchev–Trinajstić information content (AvgIpc) is 0.955. The maximum atomic E-state index is 6.96. The molecule has 8 aromatic carbocycles. The van der Waals surface area contributed by atoms with Crippen molar-refractivity contribution in [3.05, 3.63) is 251 Å². The van der Waals surface area contributed by atoms with Crippen LogP contribution in [0, 0.1) is 6.92 Å². The van der Waals surface area contributed by atoms with Gasteiger partial charge in [0.2, 0.25) is 0 Å². The maximum Gasteiger partial charge on any atom is 0.161 e. The highest BCUT2D eigenvalue weighted by atomic mass is 35.6. The number of fused-ring (bicyclic) bond motifs is 4. The van der Waals surface area contributed by atoms with Crippen LogP contribution in [0.25, 0.3) is 68.8 Å². The summed E-state index contributed by atoms with van der Waals surface area (Å²) in [7, 11) is -2.13. The zero-order chi connectivity index (χ0) is 72.1. The van der Waals surface area contributed by atoms with Crippen LogP contribution in [0.5, 0.6) is 5.75 Å². The minimum Gasteiger partial charge on any atom is -0.496 e. The summed E-state index contributed by atoms with van der Waals surface area (Å²) in [5.74, 6) is 1.01. The standard InChI is InChI=1S/C47H58OSi.C24H30.C23H29ClSi/c1-29-24-36-35(31-20-22-33(23-21-31)45(3,4)5)26-34(46(6,7)8)27-38(36)43(29)49(13,14)44-30(2)25-37-39(44)28-40(47(9,10)11)42(48-12)41(37)32-18-16-15-17-19-32;1-16-12-18-14-20(24(5,6)7)15-22(21(18)13-16)17-8-10-19(11-9-17)23(2,3)4;1-15-13-18-19(22(15)25(6,7)24)14-20(23(3,4)5)16(2)21(18)17-11-9-8-10-12-17/h15-28,43-44H,1-14H3;8-12,14-15H,13H2,1-7H3;8-14,22H,1-7H3. The molecule has 0 aromatic heterocycles. The van der Waals surface area contributed by atoms with Crippen LogP contribution >= 0.6 is 11.1 Å². The monoisotopic (exact) mass is 1350 g/mol. The summed E-state index contributed by atoms with van der Waals surface area (Å²) in [4.78, 5) is 0. The lowest BCUT2D eigenvalue weighted by Crippen LogP contribution is -2.42. The lowest BCUT2D eigenvalue weighted by molar-refractivity contribution is 0.399. The highest BCUT2D eigenvalue weighted by Gasteiger charge is 2.49. The molecule has 98 heavy (non-hydrogen) atoms. The third-order valence-corrected chi connectivity index (χ3v) is 29.1. The Hall–Kier alpha value is -6.76. The van der Waals surface area contributed by atoms with Crippen LogP contribution < -0.4 is 4.74 Å². The van der Waals surface area contributed by atoms with E-state index in [4.69, 9.17) is 15.8 Å². The first-order chi connectivity index (χ1) is 45.3. The molecule has 0 radical (unpaired) electrons. The second kappa shape index (κ2) is 26.6. The summed E-state index contributed by atoms with van der Waals surface area (Å²) in [5.41, 5.74) is 39.6. The van der Waals surface area contributed by atoms with E-state index >= 15 is 0 Å². The molecule has 514 valence electrons. The topological polar surface area (TPSA) is 9.23 Å². The minimum atomic E-state index is -2.12. The van der Waals surface area contributed by atoms with Gasteiger partial charge in [0.1, 0.15) is 5.75 Å². The van der Waals surface area contributed by atoms with Gasteiger partial charge in [0.25, 0.3) is 0 Å². The van der Waals surface area contributed by atoms with Crippen LogP contribution in [0.4, 0.5) is 0 Å². The van der Waals surface area contributed by atoms with E-state index in [1.165, 1.54) is 150 Å². The van der Waals surface area contributed by atoms with Crippen LogP contribution in [-0.2, 0) is 38.9 Å². The van der Waals surface area contributed by atoms with Gasteiger partial charge in [-0.2, -0.15) is 11.1 Å². The molecule has 4 aliphatic rings. The van der Waals surface area contributed by atoms with E-state index < -0.39 is 15.5 Å². The number of methoxy groups -OCH3 is 1. The van der Waals surface area contributed by atoms with Gasteiger partial charge >= 0.3 is 0 Å². The second-order valence-corrected chi connectivity index (χ2v) is 48.2. The first-order valence-electron chi connectivity index (χ1n) is 36.3. The first-order valence-corrected chi connectivity index (χ1v) is 43.6. The maximum absolute atomic E-state index is 6.96. The lowest BCUT2D eigenvalue weighted by atomic mass is 9.78. The molecule has 0 amide bonds. The van der Waals surface area contributed by atoms with Crippen LogP contribution in [-0.4, -0.2) is 22.6 Å². The Labute approximate surface area is 601 Å². The van der Waals surface area contributed by atoms with Crippen LogP contribution in [0.2, 0.25) is 26.2 Å². The number of hydrogen-bond donors (Lipinski definition) is 0. The van der Waals surface area contributed by atoms with Crippen molar-refractivity contribution in [1.82, 2.24) is 0 Å². The van der Waals surface area contributed by atoms with Gasteiger partial charge in [0.15, 0.2) is 7.38 Å². The zero-order valence-corrected chi connectivity index (χ0v) is 68.1. The molecule has 0 N–H and O–H groups in total. The normalized spacial score (nSPS) is 16.9. The molecule has 3 atom stereocenters. The zero-order valence-electron chi connectivity index (χ0n) is 65.4. The van der Waals surface area contributed by atoms with E-state index in [-0.39, 0.29) is 32.5 Å². The fraction of sp³-hybridized carbons (Fsp3) is 0.404. The summed E-state index contributed by atoms with van der Waals surface area (Å²) in [6.45, 7) is 63.0. The van der Waals surface area contributed by atoms with Crippen molar-refractivity contribution in [2.45, 2.75) is 241 Å². The smallest absolute Gasteiger partial charge is 0.161 e. The highest BCUT2D eigenvalue weighted by molar-refractivity contribution is 7.20. The van der Waals surface area contributed by atoms with Gasteiger partial charge in [0, 0.05) is 27.8 Å². The molecule has 0 heterocycles. The number of hydrogen-bond acceptors (Lipinski definition) is 1. The van der Waals surface area contributed by atoms with Crippen molar-refractivity contribution >= 4 is 50.8 Å². The fourth-order valence-electron chi connectivity index (χ4n) is 16.8. The van der Waals surface area contributed by atoms with Gasteiger partial charge in [-0.25, -0.2) is 0 Å². The molecule has 12 rings (SSSR count). The summed E-state index contributed by atoms with van der Waals surface area (Å²) < 4.78 is 6.30. The molecule has 0 aliphatic heterocycles. The van der Waals surface area contributed by atoms with Crippen LogP contribution in [0.15, 0.2) is 168 Å². The number of allylic oxidation sites excluding steroid dienone is 4. The van der Waals surface area contributed by atoms with Gasteiger partial charge in [-0.15, -0.1) is 0 Å². The summed E-state index contributed by atoms with van der Waals surface area (Å²) in [6, 6.07) is 55.1. The predicted molar refractivity (Wildman–Crippen MR) is 438 cm³/mol. The Bertz CT molecular complexity index is 4450. The summed E-state index contributed by atoms with van der Waals surface area (Å²) in [6.07, 6.45) is 10.9. The van der Waals surface area contributed by atoms with E-state index in [2.05, 4.69) is 355 Å². The molecule has 0 spiro atoms. The lowest BCUT2D eigenvalue weighted by Gasteiger charge is -2.40. The number of ether oxygens (including phenoxy) is 1. The molecular weight excluding hydrogens is 1240 g/mol. The van der Waals surface area contributed by atoms with E-state index in [1.807, 2.05) is 7.11 Å². The van der Waals surface area contributed by atoms with Crippen molar-refractivity contribution in [2.24, 2.45) is 0 Å². The van der Waals surface area contributed by atoms with Crippen LogP contribution in [0.1, 0.15) is 252 Å². The number of rotatable bonds is 8. The third kappa shape index (κ3) is 14.7. The van der Waals surface area contributed by atoms with E-state index in [0.29, 0.717) is 16.6 Å². The van der Waals surface area contributed by atoms with Gasteiger partial charge in [-0.05, 0) is 190 Å². The number of halogens is 1.